The van der Waals surface area contributed by atoms with Crippen molar-refractivity contribution in [2.24, 2.45) is 0 Å². The summed E-state index contributed by atoms with van der Waals surface area (Å²) in [5.41, 5.74) is 5.70. The molecule has 0 unspecified atom stereocenters. The summed E-state index contributed by atoms with van der Waals surface area (Å²) in [5.74, 6) is 0.255. The van der Waals surface area contributed by atoms with Crippen LogP contribution in [0.15, 0.2) is 73.2 Å². The van der Waals surface area contributed by atoms with Gasteiger partial charge in [-0.2, -0.15) is 5.10 Å². The Morgan fingerprint density at radius 2 is 1.77 bits per heavy atom. The van der Waals surface area contributed by atoms with Gasteiger partial charge in [0.2, 0.25) is 0 Å². The molecule has 0 aliphatic rings. The second-order valence-electron chi connectivity index (χ2n) is 7.06. The molecule has 0 bridgehead atoms. The fourth-order valence-corrected chi connectivity index (χ4v) is 3.65. The van der Waals surface area contributed by atoms with Gasteiger partial charge in [-0.05, 0) is 36.4 Å². The van der Waals surface area contributed by atoms with Crippen LogP contribution in [0.3, 0.4) is 0 Å². The van der Waals surface area contributed by atoms with Crippen LogP contribution in [0.5, 0.6) is 0 Å². The molecule has 5 aromatic heterocycles. The summed E-state index contributed by atoms with van der Waals surface area (Å²) in [5, 5.41) is 8.21. The molecule has 5 heterocycles. The smallest absolute Gasteiger partial charge is 0.159 e. The van der Waals surface area contributed by atoms with Crippen molar-refractivity contribution in [3.63, 3.8) is 0 Å². The average Bonchev–Trinajstić information content (AvgIpc) is 3.43. The lowest BCUT2D eigenvalue weighted by Crippen LogP contribution is -1.87. The third-order valence-corrected chi connectivity index (χ3v) is 5.10. The first kappa shape index (κ1) is 17.4. The Morgan fingerprint density at radius 3 is 2.65 bits per heavy atom. The van der Waals surface area contributed by atoms with Crippen LogP contribution in [0.4, 0.5) is 4.39 Å². The molecule has 8 heteroatoms. The standard InChI is InChI=1S/C23H14FN7/c24-15-5-3-4-13(10-15)19-21-18(7-9-26-19)28-23(29-21)20-16-11-14(12-27-22(16)31-30-20)17-6-1-2-8-25-17/h1-12H,(H,28,29)(H,27,30,31). The van der Waals surface area contributed by atoms with E-state index in [0.29, 0.717) is 33.9 Å². The Morgan fingerprint density at radius 1 is 0.806 bits per heavy atom. The fraction of sp³-hybridized carbons (Fsp3) is 0. The van der Waals surface area contributed by atoms with Crippen LogP contribution in [-0.2, 0) is 0 Å². The minimum absolute atomic E-state index is 0.321. The fourth-order valence-electron chi connectivity index (χ4n) is 3.65. The topological polar surface area (TPSA) is 96.0 Å². The molecule has 0 amide bonds. The molecule has 0 aliphatic carbocycles. The van der Waals surface area contributed by atoms with E-state index in [-0.39, 0.29) is 5.82 Å². The summed E-state index contributed by atoms with van der Waals surface area (Å²) in [6.45, 7) is 0. The number of fused-ring (bicyclic) bond motifs is 2. The van der Waals surface area contributed by atoms with Crippen LogP contribution in [-0.4, -0.2) is 35.1 Å². The highest BCUT2D eigenvalue weighted by Crippen LogP contribution is 2.31. The molecule has 0 aliphatic heterocycles. The van der Waals surface area contributed by atoms with Crippen LogP contribution >= 0.6 is 0 Å². The molecule has 148 valence electrons. The van der Waals surface area contributed by atoms with E-state index < -0.39 is 0 Å². The Hall–Kier alpha value is -4.46. The molecule has 0 atom stereocenters. The number of nitrogens with zero attached hydrogens (tertiary/aromatic N) is 5. The number of aromatic amines is 2. The molecule has 6 aromatic rings. The zero-order valence-corrected chi connectivity index (χ0v) is 16.0. The van der Waals surface area contributed by atoms with E-state index in [2.05, 4.69) is 30.1 Å². The van der Waals surface area contributed by atoms with Gasteiger partial charge in [-0.1, -0.05) is 18.2 Å². The van der Waals surface area contributed by atoms with Gasteiger partial charge in [0.05, 0.1) is 22.3 Å². The molecule has 0 saturated heterocycles. The van der Waals surface area contributed by atoms with Crippen molar-refractivity contribution in [2.45, 2.75) is 0 Å². The van der Waals surface area contributed by atoms with Gasteiger partial charge in [-0.15, -0.1) is 0 Å². The SMILES string of the molecule is Fc1cccc(-c2nccc3[nH]c(-c4n[nH]c5ncc(-c6ccccn6)cc45)nc23)c1. The second-order valence-corrected chi connectivity index (χ2v) is 7.06. The molecule has 0 saturated carbocycles. The van der Waals surface area contributed by atoms with Gasteiger partial charge < -0.3 is 4.98 Å². The van der Waals surface area contributed by atoms with Crippen LogP contribution in [0.25, 0.3) is 56.1 Å². The van der Waals surface area contributed by atoms with Crippen molar-refractivity contribution in [2.75, 3.05) is 0 Å². The van der Waals surface area contributed by atoms with Gasteiger partial charge in [0, 0.05) is 29.7 Å². The van der Waals surface area contributed by atoms with E-state index in [4.69, 9.17) is 4.98 Å². The molecule has 0 spiro atoms. The molecule has 6 rings (SSSR count). The van der Waals surface area contributed by atoms with Crippen LogP contribution in [0, 0.1) is 5.82 Å². The summed E-state index contributed by atoms with van der Waals surface area (Å²) in [4.78, 5) is 21.4. The first-order valence-electron chi connectivity index (χ1n) is 9.63. The lowest BCUT2D eigenvalue weighted by Gasteiger charge is -2.01. The van der Waals surface area contributed by atoms with Crippen molar-refractivity contribution < 1.29 is 4.39 Å². The van der Waals surface area contributed by atoms with E-state index in [9.17, 15) is 4.39 Å². The minimum Gasteiger partial charge on any atom is -0.336 e. The van der Waals surface area contributed by atoms with E-state index in [1.54, 1.807) is 24.7 Å². The predicted molar refractivity (Wildman–Crippen MR) is 115 cm³/mol. The monoisotopic (exact) mass is 407 g/mol. The molecule has 0 radical (unpaired) electrons. The second kappa shape index (κ2) is 6.81. The highest BCUT2D eigenvalue weighted by molar-refractivity contribution is 5.96. The van der Waals surface area contributed by atoms with Crippen LogP contribution < -0.4 is 0 Å². The van der Waals surface area contributed by atoms with Gasteiger partial charge in [0.15, 0.2) is 11.5 Å². The molecule has 2 N–H and O–H groups in total. The molecule has 7 nitrogen and oxygen atoms in total. The first-order valence-corrected chi connectivity index (χ1v) is 9.63. The number of hydrogen-bond donors (Lipinski definition) is 2. The number of nitrogens with one attached hydrogen (secondary N) is 2. The summed E-state index contributed by atoms with van der Waals surface area (Å²) in [6, 6.07) is 15.9. The normalized spacial score (nSPS) is 11.4. The Bertz CT molecular complexity index is 1550. The number of hydrogen-bond acceptors (Lipinski definition) is 5. The van der Waals surface area contributed by atoms with E-state index in [1.165, 1.54) is 12.1 Å². The predicted octanol–water partition coefficient (Wildman–Crippen LogP) is 4.76. The van der Waals surface area contributed by atoms with Crippen molar-refractivity contribution in [1.82, 2.24) is 35.1 Å². The summed E-state index contributed by atoms with van der Waals surface area (Å²) < 4.78 is 13.8. The van der Waals surface area contributed by atoms with Crippen molar-refractivity contribution in [3.8, 4) is 34.0 Å². The zero-order valence-electron chi connectivity index (χ0n) is 16.0. The summed E-state index contributed by atoms with van der Waals surface area (Å²) in [7, 11) is 0. The minimum atomic E-state index is -0.321. The molecular formula is C23H14FN7. The Labute approximate surface area is 175 Å². The quantitative estimate of drug-likeness (QED) is 0.441. The van der Waals surface area contributed by atoms with Crippen molar-refractivity contribution >= 4 is 22.1 Å². The maximum atomic E-state index is 13.8. The molecular weight excluding hydrogens is 393 g/mol. The van der Waals surface area contributed by atoms with Gasteiger partial charge in [0.25, 0.3) is 0 Å². The molecule has 31 heavy (non-hydrogen) atoms. The third-order valence-electron chi connectivity index (χ3n) is 5.10. The molecule has 0 fully saturated rings. The van der Waals surface area contributed by atoms with E-state index in [0.717, 1.165) is 22.2 Å². The van der Waals surface area contributed by atoms with Gasteiger partial charge in [-0.25, -0.2) is 14.4 Å². The third kappa shape index (κ3) is 2.93. The van der Waals surface area contributed by atoms with Gasteiger partial charge in [-0.3, -0.25) is 15.1 Å². The number of halogens is 1. The van der Waals surface area contributed by atoms with Crippen molar-refractivity contribution in [1.29, 1.82) is 0 Å². The Kier molecular flexibility index (Phi) is 3.82. The highest BCUT2D eigenvalue weighted by atomic mass is 19.1. The zero-order chi connectivity index (χ0) is 20.8. The summed E-state index contributed by atoms with van der Waals surface area (Å²) in [6.07, 6.45) is 5.18. The number of benzene rings is 1. The van der Waals surface area contributed by atoms with Crippen molar-refractivity contribution in [3.05, 3.63) is 79.0 Å². The maximum absolute atomic E-state index is 13.8. The lowest BCUT2D eigenvalue weighted by molar-refractivity contribution is 0.628. The average molecular weight is 407 g/mol. The number of aromatic nitrogens is 7. The largest absolute Gasteiger partial charge is 0.336 e. The highest BCUT2D eigenvalue weighted by Gasteiger charge is 2.17. The van der Waals surface area contributed by atoms with Crippen LogP contribution in [0.1, 0.15) is 0 Å². The van der Waals surface area contributed by atoms with Gasteiger partial charge >= 0.3 is 0 Å². The van der Waals surface area contributed by atoms with E-state index in [1.807, 2.05) is 36.4 Å². The summed E-state index contributed by atoms with van der Waals surface area (Å²) >= 11 is 0. The molecule has 1 aromatic carbocycles. The maximum Gasteiger partial charge on any atom is 0.159 e. The lowest BCUT2D eigenvalue weighted by atomic mass is 10.1. The number of rotatable bonds is 3. The van der Waals surface area contributed by atoms with Crippen LogP contribution in [0.2, 0.25) is 0 Å². The first-order chi connectivity index (χ1) is 15.3. The number of pyridine rings is 3. The Balaban J connectivity index is 1.52. The number of imidazole rings is 1. The van der Waals surface area contributed by atoms with E-state index >= 15 is 0 Å². The number of H-pyrrole nitrogens is 2. The van der Waals surface area contributed by atoms with Gasteiger partial charge in [0.1, 0.15) is 17.0 Å².